The van der Waals surface area contributed by atoms with E-state index in [9.17, 15) is 9.90 Å². The molecule has 0 aliphatic heterocycles. The summed E-state index contributed by atoms with van der Waals surface area (Å²) in [6.45, 7) is 7.48. The molecule has 0 aromatic heterocycles. The lowest BCUT2D eigenvalue weighted by atomic mass is 9.91. The van der Waals surface area contributed by atoms with Gasteiger partial charge in [0.25, 0.3) is 0 Å². The van der Waals surface area contributed by atoms with Crippen LogP contribution < -0.4 is 10.6 Å². The molecule has 0 heterocycles. The highest BCUT2D eigenvalue weighted by Crippen LogP contribution is 2.26. The van der Waals surface area contributed by atoms with E-state index >= 15 is 0 Å². The van der Waals surface area contributed by atoms with Crippen LogP contribution in [0, 0.1) is 6.92 Å². The Morgan fingerprint density at radius 3 is 2.35 bits per heavy atom. The lowest BCUT2D eigenvalue weighted by Gasteiger charge is -2.31. The number of hydrogen-bond acceptors (Lipinski definition) is 4. The summed E-state index contributed by atoms with van der Waals surface area (Å²) >= 11 is 0. The lowest BCUT2D eigenvalue weighted by molar-refractivity contribution is 0.0492. The second-order valence-corrected chi connectivity index (χ2v) is 7.34. The summed E-state index contributed by atoms with van der Waals surface area (Å²) in [6.07, 6.45) is 3.48. The van der Waals surface area contributed by atoms with E-state index < -0.39 is 5.60 Å². The van der Waals surface area contributed by atoms with Gasteiger partial charge in [-0.2, -0.15) is 0 Å². The van der Waals surface area contributed by atoms with Crippen LogP contribution in [-0.4, -0.2) is 28.9 Å². The molecule has 128 valence electrons. The van der Waals surface area contributed by atoms with Crippen LogP contribution in [0.1, 0.15) is 52.0 Å². The van der Waals surface area contributed by atoms with E-state index in [1.807, 2.05) is 39.8 Å². The van der Waals surface area contributed by atoms with Crippen molar-refractivity contribution in [2.45, 2.75) is 71.1 Å². The Balaban J connectivity index is 1.77. The van der Waals surface area contributed by atoms with Gasteiger partial charge in [0.1, 0.15) is 11.4 Å². The van der Waals surface area contributed by atoms with Crippen molar-refractivity contribution < 1.29 is 14.6 Å². The number of aryl methyl sites for hydroxylation is 1. The fourth-order valence-corrected chi connectivity index (χ4v) is 2.79. The van der Waals surface area contributed by atoms with E-state index in [0.29, 0.717) is 11.8 Å². The number of benzene rings is 1. The van der Waals surface area contributed by atoms with Gasteiger partial charge in [0, 0.05) is 23.8 Å². The Labute approximate surface area is 138 Å². The predicted molar refractivity (Wildman–Crippen MR) is 91.9 cm³/mol. The molecule has 1 aromatic rings. The predicted octanol–water partition coefficient (Wildman–Crippen LogP) is 3.95. The summed E-state index contributed by atoms with van der Waals surface area (Å²) in [5.41, 5.74) is 1.36. The topological polar surface area (TPSA) is 70.6 Å². The Bertz CT molecular complexity index is 544. The maximum atomic E-state index is 11.8. The van der Waals surface area contributed by atoms with Crippen LogP contribution in [-0.2, 0) is 4.74 Å². The van der Waals surface area contributed by atoms with Gasteiger partial charge in [0.15, 0.2) is 0 Å². The Morgan fingerprint density at radius 2 is 1.78 bits per heavy atom. The van der Waals surface area contributed by atoms with Crippen LogP contribution in [0.25, 0.3) is 0 Å². The summed E-state index contributed by atoms with van der Waals surface area (Å²) < 4.78 is 5.29. The first-order valence-electron chi connectivity index (χ1n) is 8.28. The van der Waals surface area contributed by atoms with Gasteiger partial charge in [0.05, 0.1) is 0 Å². The second kappa shape index (κ2) is 7.11. The van der Waals surface area contributed by atoms with Gasteiger partial charge in [0.2, 0.25) is 0 Å². The van der Waals surface area contributed by atoms with Crippen molar-refractivity contribution in [3.05, 3.63) is 23.8 Å². The highest BCUT2D eigenvalue weighted by molar-refractivity contribution is 5.68. The molecular formula is C18H28N2O3. The molecule has 0 radical (unpaired) electrons. The van der Waals surface area contributed by atoms with Crippen molar-refractivity contribution in [3.8, 4) is 5.75 Å². The first-order valence-corrected chi connectivity index (χ1v) is 8.28. The molecule has 2 rings (SSSR count). The fraction of sp³-hybridized carbons (Fsp3) is 0.611. The molecule has 3 N–H and O–H groups in total. The molecule has 0 bridgehead atoms. The van der Waals surface area contributed by atoms with Crippen molar-refractivity contribution in [1.29, 1.82) is 0 Å². The van der Waals surface area contributed by atoms with Crippen LogP contribution >= 0.6 is 0 Å². The SMILES string of the molecule is Cc1ccc(NC2CCC(NC(=O)OC(C)(C)C)CC2)cc1O. The van der Waals surface area contributed by atoms with Gasteiger partial charge >= 0.3 is 6.09 Å². The molecule has 0 unspecified atom stereocenters. The number of aromatic hydroxyl groups is 1. The molecule has 5 nitrogen and oxygen atoms in total. The third-order valence-electron chi connectivity index (χ3n) is 4.03. The average Bonchev–Trinajstić information content (AvgIpc) is 2.43. The first kappa shape index (κ1) is 17.4. The number of ether oxygens (including phenoxy) is 1. The van der Waals surface area contributed by atoms with Gasteiger partial charge < -0.3 is 20.5 Å². The van der Waals surface area contributed by atoms with Gasteiger partial charge in [-0.25, -0.2) is 4.79 Å². The number of nitrogens with one attached hydrogen (secondary N) is 2. The van der Waals surface area contributed by atoms with Gasteiger partial charge in [-0.3, -0.25) is 0 Å². The summed E-state index contributed by atoms with van der Waals surface area (Å²) in [4.78, 5) is 11.8. The highest BCUT2D eigenvalue weighted by Gasteiger charge is 2.24. The number of rotatable bonds is 3. The normalized spacial score (nSPS) is 21.6. The van der Waals surface area contributed by atoms with Crippen LogP contribution in [0.5, 0.6) is 5.75 Å². The van der Waals surface area contributed by atoms with E-state index in [2.05, 4.69) is 10.6 Å². The van der Waals surface area contributed by atoms with Crippen molar-refractivity contribution in [1.82, 2.24) is 5.32 Å². The quantitative estimate of drug-likeness (QED) is 0.788. The van der Waals surface area contributed by atoms with Crippen molar-refractivity contribution in [2.75, 3.05) is 5.32 Å². The average molecular weight is 320 g/mol. The fourth-order valence-electron chi connectivity index (χ4n) is 2.79. The Kier molecular flexibility index (Phi) is 5.39. The molecule has 1 aromatic carbocycles. The van der Waals surface area contributed by atoms with Crippen molar-refractivity contribution in [2.24, 2.45) is 0 Å². The van der Waals surface area contributed by atoms with Gasteiger partial charge in [-0.1, -0.05) is 6.07 Å². The molecule has 1 aliphatic carbocycles. The lowest BCUT2D eigenvalue weighted by Crippen LogP contribution is -2.42. The number of hydrogen-bond donors (Lipinski definition) is 3. The summed E-state index contributed by atoms with van der Waals surface area (Å²) in [5, 5.41) is 16.2. The van der Waals surface area contributed by atoms with Crippen LogP contribution in [0.15, 0.2) is 18.2 Å². The standard InChI is InChI=1S/C18H28N2O3/c1-12-5-6-15(11-16(12)21)19-13-7-9-14(10-8-13)20-17(22)23-18(2,3)4/h5-6,11,13-14,19,21H,7-10H2,1-4H3,(H,20,22). The van der Waals surface area contributed by atoms with Crippen molar-refractivity contribution >= 4 is 11.8 Å². The molecule has 1 aliphatic rings. The summed E-state index contributed by atoms with van der Waals surface area (Å²) in [6, 6.07) is 6.21. The number of phenols is 1. The van der Waals surface area contributed by atoms with Gasteiger partial charge in [-0.05, 0) is 65.0 Å². The number of phenolic OH excluding ortho intramolecular Hbond substituents is 1. The van der Waals surface area contributed by atoms with Crippen molar-refractivity contribution in [3.63, 3.8) is 0 Å². The molecule has 1 saturated carbocycles. The zero-order valence-electron chi connectivity index (χ0n) is 14.5. The Hall–Kier alpha value is -1.91. The van der Waals surface area contributed by atoms with E-state index in [1.54, 1.807) is 6.07 Å². The highest BCUT2D eigenvalue weighted by atomic mass is 16.6. The number of amides is 1. The molecule has 5 heteroatoms. The number of alkyl carbamates (subject to hydrolysis) is 1. The minimum Gasteiger partial charge on any atom is -0.508 e. The maximum Gasteiger partial charge on any atom is 0.407 e. The number of carbonyl (C=O) groups excluding carboxylic acids is 1. The summed E-state index contributed by atoms with van der Waals surface area (Å²) in [5.74, 6) is 0.315. The molecule has 0 spiro atoms. The number of carbonyl (C=O) groups is 1. The van der Waals surface area contributed by atoms with E-state index in [1.165, 1.54) is 0 Å². The third-order valence-corrected chi connectivity index (χ3v) is 4.03. The van der Waals surface area contributed by atoms with E-state index in [0.717, 1.165) is 36.9 Å². The molecule has 0 atom stereocenters. The van der Waals surface area contributed by atoms with Crippen LogP contribution in [0.3, 0.4) is 0 Å². The Morgan fingerprint density at radius 1 is 1.17 bits per heavy atom. The van der Waals surface area contributed by atoms with Crippen LogP contribution in [0.2, 0.25) is 0 Å². The molecule has 1 amide bonds. The largest absolute Gasteiger partial charge is 0.508 e. The second-order valence-electron chi connectivity index (χ2n) is 7.34. The molecular weight excluding hydrogens is 292 g/mol. The van der Waals surface area contributed by atoms with E-state index in [4.69, 9.17) is 4.74 Å². The molecule has 1 fully saturated rings. The monoisotopic (exact) mass is 320 g/mol. The maximum absolute atomic E-state index is 11.8. The molecule has 23 heavy (non-hydrogen) atoms. The zero-order chi connectivity index (χ0) is 17.0. The zero-order valence-corrected chi connectivity index (χ0v) is 14.5. The minimum atomic E-state index is -0.462. The van der Waals surface area contributed by atoms with Gasteiger partial charge in [-0.15, -0.1) is 0 Å². The molecule has 0 saturated heterocycles. The smallest absolute Gasteiger partial charge is 0.407 e. The van der Waals surface area contributed by atoms with Crippen LogP contribution in [0.4, 0.5) is 10.5 Å². The van der Waals surface area contributed by atoms with E-state index in [-0.39, 0.29) is 12.1 Å². The number of anilines is 1. The first-order chi connectivity index (χ1) is 10.7. The minimum absolute atomic E-state index is 0.175. The summed E-state index contributed by atoms with van der Waals surface area (Å²) in [7, 11) is 0. The third kappa shape index (κ3) is 5.66.